The Balaban J connectivity index is 2.63. The average Bonchev–Trinajstić information content (AvgIpc) is 2.26. The second-order valence-electron chi connectivity index (χ2n) is 3.14. The summed E-state index contributed by atoms with van der Waals surface area (Å²) in [6.07, 6.45) is 3.58. The Labute approximate surface area is 88.7 Å². The quantitative estimate of drug-likeness (QED) is 0.770. The minimum atomic E-state index is 0.182. The molecule has 0 aliphatic carbocycles. The molecule has 0 radical (unpaired) electrons. The van der Waals surface area contributed by atoms with E-state index >= 15 is 0 Å². The number of pyridine rings is 1. The molecule has 0 spiro atoms. The molecule has 0 saturated heterocycles. The van der Waals surface area contributed by atoms with Gasteiger partial charge in [0.2, 0.25) is 0 Å². The minimum Gasteiger partial charge on any atom is -0.395 e. The van der Waals surface area contributed by atoms with Crippen molar-refractivity contribution in [3.63, 3.8) is 0 Å². The number of nitrogens with two attached hydrogens (primary N) is 1. The van der Waals surface area contributed by atoms with Crippen LogP contribution in [0.4, 0.5) is 0 Å². The van der Waals surface area contributed by atoms with Crippen LogP contribution in [-0.2, 0) is 0 Å². The largest absolute Gasteiger partial charge is 0.395 e. The van der Waals surface area contributed by atoms with Crippen molar-refractivity contribution in [3.8, 4) is 0 Å². The summed E-state index contributed by atoms with van der Waals surface area (Å²) < 4.78 is 0. The lowest BCUT2D eigenvalue weighted by Gasteiger charge is -2.17. The van der Waals surface area contributed by atoms with Gasteiger partial charge in [0.1, 0.15) is 0 Å². The summed E-state index contributed by atoms with van der Waals surface area (Å²) in [6.45, 7) is 2.74. The molecule has 0 amide bonds. The van der Waals surface area contributed by atoms with E-state index < -0.39 is 0 Å². The number of hydrogen-bond acceptors (Lipinski definition) is 4. The van der Waals surface area contributed by atoms with E-state index in [1.165, 1.54) is 0 Å². The fourth-order valence-electron chi connectivity index (χ4n) is 1.16. The lowest BCUT2D eigenvalue weighted by Crippen LogP contribution is -2.14. The van der Waals surface area contributed by atoms with Crippen molar-refractivity contribution in [1.29, 1.82) is 0 Å². The van der Waals surface area contributed by atoms with Crippen molar-refractivity contribution in [3.05, 3.63) is 30.1 Å². The molecule has 0 saturated carbocycles. The van der Waals surface area contributed by atoms with Crippen molar-refractivity contribution in [1.82, 2.24) is 4.98 Å². The third kappa shape index (κ3) is 3.29. The Morgan fingerprint density at radius 3 is 2.93 bits per heavy atom. The van der Waals surface area contributed by atoms with Crippen molar-refractivity contribution in [2.45, 2.75) is 17.4 Å². The van der Waals surface area contributed by atoms with Gasteiger partial charge in [-0.2, -0.15) is 0 Å². The van der Waals surface area contributed by atoms with Crippen LogP contribution in [0.15, 0.2) is 24.5 Å². The van der Waals surface area contributed by atoms with Gasteiger partial charge in [0.15, 0.2) is 0 Å². The molecule has 4 heteroatoms. The Bertz CT molecular complexity index is 256. The molecule has 78 valence electrons. The monoisotopic (exact) mass is 212 g/mol. The Morgan fingerprint density at radius 1 is 1.64 bits per heavy atom. The highest BCUT2D eigenvalue weighted by Crippen LogP contribution is 2.30. The molecule has 0 fully saturated rings. The third-order valence-electron chi connectivity index (χ3n) is 1.92. The van der Waals surface area contributed by atoms with Crippen molar-refractivity contribution < 1.29 is 5.11 Å². The van der Waals surface area contributed by atoms with E-state index in [9.17, 15) is 0 Å². The fraction of sp³-hybridized carbons (Fsp3) is 0.500. The van der Waals surface area contributed by atoms with Crippen LogP contribution < -0.4 is 5.73 Å². The first-order valence-corrected chi connectivity index (χ1v) is 5.58. The summed E-state index contributed by atoms with van der Waals surface area (Å²) in [6, 6.07) is 3.92. The molecule has 0 aliphatic heterocycles. The molecule has 0 aliphatic rings. The maximum Gasteiger partial charge on any atom is 0.0547 e. The maximum atomic E-state index is 8.95. The molecule has 1 rings (SSSR count). The van der Waals surface area contributed by atoms with Gasteiger partial charge in [0.05, 0.1) is 6.61 Å². The SMILES string of the molecule is CC(CO)SC(CN)c1cccnc1. The topological polar surface area (TPSA) is 59.1 Å². The predicted molar refractivity (Wildman–Crippen MR) is 60.2 cm³/mol. The standard InChI is InChI=1S/C10H16N2OS/c1-8(7-13)14-10(5-11)9-3-2-4-12-6-9/h2-4,6,8,10,13H,5,7,11H2,1H3. The summed E-state index contributed by atoms with van der Waals surface area (Å²) in [5.74, 6) is 0. The summed E-state index contributed by atoms with van der Waals surface area (Å²) in [7, 11) is 0. The lowest BCUT2D eigenvalue weighted by atomic mass is 10.2. The minimum absolute atomic E-state index is 0.182. The number of aromatic nitrogens is 1. The second-order valence-corrected chi connectivity index (χ2v) is 4.79. The van der Waals surface area contributed by atoms with Crippen LogP contribution in [0.25, 0.3) is 0 Å². The first kappa shape index (κ1) is 11.5. The molecular weight excluding hydrogens is 196 g/mol. The van der Waals surface area contributed by atoms with Crippen LogP contribution >= 0.6 is 11.8 Å². The summed E-state index contributed by atoms with van der Waals surface area (Å²) in [4.78, 5) is 4.06. The highest BCUT2D eigenvalue weighted by atomic mass is 32.2. The van der Waals surface area contributed by atoms with Crippen LogP contribution in [0.1, 0.15) is 17.7 Å². The zero-order chi connectivity index (χ0) is 10.4. The molecule has 1 aromatic heterocycles. The van der Waals surface area contributed by atoms with Gasteiger partial charge in [-0.25, -0.2) is 0 Å². The van der Waals surface area contributed by atoms with E-state index in [2.05, 4.69) is 4.98 Å². The third-order valence-corrected chi connectivity index (χ3v) is 3.33. The van der Waals surface area contributed by atoms with Crippen LogP contribution in [0.2, 0.25) is 0 Å². The fourth-order valence-corrected chi connectivity index (χ4v) is 2.21. The molecule has 0 aromatic carbocycles. The highest BCUT2D eigenvalue weighted by molar-refractivity contribution is 8.00. The van der Waals surface area contributed by atoms with Gasteiger partial charge in [-0.15, -0.1) is 11.8 Å². The number of nitrogens with zero attached hydrogens (tertiary/aromatic N) is 1. The first-order chi connectivity index (χ1) is 6.77. The second kappa shape index (κ2) is 6.01. The molecule has 14 heavy (non-hydrogen) atoms. The van der Waals surface area contributed by atoms with E-state index in [0.29, 0.717) is 6.54 Å². The summed E-state index contributed by atoms with van der Waals surface area (Å²) >= 11 is 1.68. The smallest absolute Gasteiger partial charge is 0.0547 e. The molecule has 1 aromatic rings. The number of hydrogen-bond donors (Lipinski definition) is 2. The van der Waals surface area contributed by atoms with Gasteiger partial charge in [0.25, 0.3) is 0 Å². The number of aliphatic hydroxyl groups is 1. The van der Waals surface area contributed by atoms with Crippen LogP contribution in [0.3, 0.4) is 0 Å². The lowest BCUT2D eigenvalue weighted by molar-refractivity contribution is 0.300. The molecular formula is C10H16N2OS. The van der Waals surface area contributed by atoms with Crippen molar-refractivity contribution >= 4 is 11.8 Å². The highest BCUT2D eigenvalue weighted by Gasteiger charge is 2.13. The van der Waals surface area contributed by atoms with Crippen LogP contribution in [0, 0.1) is 0 Å². The van der Waals surface area contributed by atoms with Gasteiger partial charge in [-0.3, -0.25) is 4.98 Å². The Morgan fingerprint density at radius 2 is 2.43 bits per heavy atom. The average molecular weight is 212 g/mol. The van der Waals surface area contributed by atoms with E-state index in [1.54, 1.807) is 18.0 Å². The Kier molecular flexibility index (Phi) is 4.93. The van der Waals surface area contributed by atoms with E-state index in [1.807, 2.05) is 25.3 Å². The number of rotatable bonds is 5. The van der Waals surface area contributed by atoms with E-state index in [0.717, 1.165) is 5.56 Å². The normalized spacial score (nSPS) is 15.1. The molecule has 3 N–H and O–H groups in total. The first-order valence-electron chi connectivity index (χ1n) is 4.64. The number of thioether (sulfide) groups is 1. The number of aliphatic hydroxyl groups excluding tert-OH is 1. The summed E-state index contributed by atoms with van der Waals surface area (Å²) in [5, 5.41) is 9.39. The van der Waals surface area contributed by atoms with E-state index in [4.69, 9.17) is 10.8 Å². The molecule has 3 nitrogen and oxygen atoms in total. The Hall–Kier alpha value is -0.580. The van der Waals surface area contributed by atoms with Gasteiger partial charge >= 0.3 is 0 Å². The van der Waals surface area contributed by atoms with Gasteiger partial charge in [0, 0.05) is 29.4 Å². The van der Waals surface area contributed by atoms with E-state index in [-0.39, 0.29) is 17.1 Å². The van der Waals surface area contributed by atoms with Crippen molar-refractivity contribution in [2.24, 2.45) is 5.73 Å². The van der Waals surface area contributed by atoms with Gasteiger partial charge < -0.3 is 10.8 Å². The molecule has 2 unspecified atom stereocenters. The summed E-state index contributed by atoms with van der Waals surface area (Å²) in [5.41, 5.74) is 6.80. The predicted octanol–water partition coefficient (Wildman–Crippen LogP) is 1.20. The molecule has 2 atom stereocenters. The van der Waals surface area contributed by atoms with Crippen LogP contribution in [0.5, 0.6) is 0 Å². The van der Waals surface area contributed by atoms with Crippen LogP contribution in [-0.4, -0.2) is 28.5 Å². The maximum absolute atomic E-state index is 8.95. The molecule has 0 bridgehead atoms. The zero-order valence-electron chi connectivity index (χ0n) is 8.26. The van der Waals surface area contributed by atoms with Crippen molar-refractivity contribution in [2.75, 3.05) is 13.2 Å². The van der Waals surface area contributed by atoms with Gasteiger partial charge in [-0.05, 0) is 11.6 Å². The molecule has 1 heterocycles. The zero-order valence-corrected chi connectivity index (χ0v) is 9.07. The van der Waals surface area contributed by atoms with Gasteiger partial charge in [-0.1, -0.05) is 13.0 Å².